The molecule has 2 heterocycles. The normalized spacial score (nSPS) is 8.33. The van der Waals surface area contributed by atoms with Gasteiger partial charge in [0.2, 0.25) is 0 Å². The topological polar surface area (TPSA) is 130 Å². The molecule has 0 radical (unpaired) electrons. The first-order chi connectivity index (χ1) is 21.2. The van der Waals surface area contributed by atoms with Crippen LogP contribution in [0.1, 0.15) is 40.2 Å². The Morgan fingerprint density at radius 2 is 1.28 bits per heavy atom. The molecule has 0 saturated carbocycles. The fraction of sp³-hybridized carbons (Fsp3) is 0.0909. The molecule has 0 aliphatic carbocycles. The van der Waals surface area contributed by atoms with Crippen molar-refractivity contribution in [3.8, 4) is 59.0 Å². The molecule has 0 fully saturated rings. The van der Waals surface area contributed by atoms with Crippen LogP contribution in [0.5, 0.6) is 23.0 Å². The molecule has 0 atom stereocenters. The maximum absolute atomic E-state index is 10.8. The number of benzene rings is 2. The molecule has 4 rings (SSSR count). The van der Waals surface area contributed by atoms with Gasteiger partial charge in [0.05, 0.1) is 0 Å². The summed E-state index contributed by atoms with van der Waals surface area (Å²) in [6.45, 7) is 2.02. The third kappa shape index (κ3) is 18.0. The van der Waals surface area contributed by atoms with Crippen LogP contribution in [0.4, 0.5) is 0 Å². The minimum Gasteiger partial charge on any atom is -1.00 e. The van der Waals surface area contributed by atoms with Crippen LogP contribution >= 0.6 is 60.2 Å². The average molecular weight is 846 g/mol. The van der Waals surface area contributed by atoms with E-state index in [-0.39, 0.29) is 66.4 Å². The first-order valence-electron chi connectivity index (χ1n) is 12.2. The van der Waals surface area contributed by atoms with Gasteiger partial charge in [-0.3, -0.25) is 19.6 Å². The van der Waals surface area contributed by atoms with Crippen molar-refractivity contribution in [3.05, 3.63) is 105 Å². The van der Waals surface area contributed by atoms with Gasteiger partial charge in [0.15, 0.2) is 35.6 Å². The molecule has 0 unspecified atom stereocenters. The number of aromatic hydroxyl groups is 3. The van der Waals surface area contributed by atoms with E-state index in [2.05, 4.69) is 87.4 Å². The fourth-order valence-electron chi connectivity index (χ4n) is 2.66. The Labute approximate surface area is 323 Å². The van der Waals surface area contributed by atoms with Crippen molar-refractivity contribution >= 4 is 72.8 Å². The van der Waals surface area contributed by atoms with Gasteiger partial charge in [-0.05, 0) is 122 Å². The summed E-state index contributed by atoms with van der Waals surface area (Å²) < 4.78 is 6.46. The Bertz CT molecular complexity index is 1690. The van der Waals surface area contributed by atoms with E-state index >= 15 is 0 Å². The average Bonchev–Trinajstić information content (AvgIpc) is 3.04. The Morgan fingerprint density at radius 3 is 1.74 bits per heavy atom. The van der Waals surface area contributed by atoms with Gasteiger partial charge in [-0.15, -0.1) is 18.8 Å². The first-order valence-corrected chi connectivity index (χ1v) is 14.9. The van der Waals surface area contributed by atoms with Gasteiger partial charge in [0.25, 0.3) is 0 Å². The van der Waals surface area contributed by atoms with Crippen LogP contribution in [0.2, 0.25) is 0 Å². The Morgan fingerprint density at radius 1 is 0.804 bits per heavy atom. The van der Waals surface area contributed by atoms with Crippen molar-refractivity contribution in [2.45, 2.75) is 18.9 Å². The number of hydrogen-bond donors (Lipinski definition) is 3. The van der Waals surface area contributed by atoms with E-state index in [1.807, 2.05) is 24.3 Å². The summed E-state index contributed by atoms with van der Waals surface area (Å²) in [6, 6.07) is 13.0. The van der Waals surface area contributed by atoms with Crippen LogP contribution in [-0.4, -0.2) is 37.9 Å². The molecule has 234 valence electrons. The summed E-state index contributed by atoms with van der Waals surface area (Å²) in [5.41, 5.74) is 2.93. The molecule has 4 aromatic rings. The van der Waals surface area contributed by atoms with Gasteiger partial charge < -0.3 is 21.5 Å². The smallest absolute Gasteiger partial charge is 1.00 e. The van der Waals surface area contributed by atoms with Crippen LogP contribution in [0.15, 0.2) is 82.3 Å². The Kier molecular flexibility index (Phi) is 26.2. The minimum atomic E-state index is -0.296. The molecule has 2 aromatic heterocycles. The number of alkyl halides is 1. The molecule has 2 aromatic carbocycles. The second-order valence-corrected chi connectivity index (χ2v) is 10.1. The van der Waals surface area contributed by atoms with Gasteiger partial charge in [-0.25, -0.2) is 0 Å². The number of terminal acetylenes is 1. The molecule has 46 heavy (non-hydrogen) atoms. The molecule has 0 saturated heterocycles. The number of carbonyl (C=O) groups excluding carboxylic acids is 2. The Balaban J connectivity index is -0.000000579. The second-order valence-electron chi connectivity index (χ2n) is 7.84. The number of hydrogen-bond acceptors (Lipinski definition) is 8. The molecule has 0 bridgehead atoms. The summed E-state index contributed by atoms with van der Waals surface area (Å²) in [6.07, 6.45) is 13.0. The standard InChI is InChI=1S/C13H10BrNO3.C7H5BrO3.C7H4.C6H6BrN.ClH.Na.H/c14-11-6-12(17)13(5-10(11)7-16)18-8-9-1-3-15-4-2-9;8-5-2-7(11)6(10)1-4(5)3-9;1-3-5-7-6-4-2;7-5-6-1-3-8-4-2-6;;;/h1-7,17H,8H2;1-3,10-11H;1H,2H3;1-4H,5H2;1H;;/q;;;;;+1;-1. The van der Waals surface area contributed by atoms with Crippen LogP contribution in [-0.2, 0) is 11.9 Å². The van der Waals surface area contributed by atoms with E-state index in [4.69, 9.17) is 21.4 Å². The number of halogens is 4. The summed E-state index contributed by atoms with van der Waals surface area (Å²) in [5.74, 6) is 11.7. The van der Waals surface area contributed by atoms with E-state index in [0.717, 1.165) is 10.9 Å². The van der Waals surface area contributed by atoms with Gasteiger partial charge in [0, 0.05) is 50.2 Å². The van der Waals surface area contributed by atoms with Crippen LogP contribution < -0.4 is 34.3 Å². The van der Waals surface area contributed by atoms with E-state index in [9.17, 15) is 14.7 Å². The summed E-state index contributed by atoms with van der Waals surface area (Å²) >= 11 is 9.55. The van der Waals surface area contributed by atoms with Crippen molar-refractivity contribution in [3.63, 3.8) is 0 Å². The molecule has 13 heteroatoms. The third-order valence-corrected chi connectivity index (χ3v) is 6.82. The number of phenols is 3. The van der Waals surface area contributed by atoms with E-state index < -0.39 is 0 Å². The number of rotatable bonds is 6. The zero-order valence-corrected chi connectivity index (χ0v) is 32.2. The van der Waals surface area contributed by atoms with Crippen LogP contribution in [0.25, 0.3) is 0 Å². The number of aromatic nitrogens is 2. The molecule has 0 aliphatic heterocycles. The molecule has 0 spiro atoms. The SMILES string of the molecule is BrCc1ccncc1.C#CC#CC#CC.Cl.O=Cc1cc(O)c(O)cc1Br.O=Cc1cc(OCc2ccncc2)c(O)cc1Br.[H-].[Na+]. The second kappa shape index (κ2) is 26.9. The zero-order valence-electron chi connectivity index (χ0n) is 25.6. The number of aldehydes is 2. The van der Waals surface area contributed by atoms with Crippen LogP contribution in [0, 0.1) is 36.0 Å². The molecular weight excluding hydrogens is 819 g/mol. The maximum atomic E-state index is 10.8. The first kappa shape index (κ1) is 44.8. The minimum absolute atomic E-state index is 0. The van der Waals surface area contributed by atoms with Gasteiger partial charge in [-0.2, -0.15) is 0 Å². The van der Waals surface area contributed by atoms with Gasteiger partial charge in [-0.1, -0.05) is 21.9 Å². The third-order valence-electron chi connectivity index (χ3n) is 4.80. The Hall–Kier alpha value is -3.31. The predicted octanol–water partition coefficient (Wildman–Crippen LogP) is 4.78. The van der Waals surface area contributed by atoms with E-state index in [1.165, 1.54) is 29.8 Å². The zero-order chi connectivity index (χ0) is 32.7. The van der Waals surface area contributed by atoms with Crippen molar-refractivity contribution in [2.24, 2.45) is 0 Å². The van der Waals surface area contributed by atoms with Crippen molar-refractivity contribution in [1.29, 1.82) is 0 Å². The molecule has 0 aliphatic rings. The van der Waals surface area contributed by atoms with Gasteiger partial charge in [0.1, 0.15) is 6.61 Å². The maximum Gasteiger partial charge on any atom is 1.00 e. The van der Waals surface area contributed by atoms with Crippen molar-refractivity contribution < 1.29 is 60.6 Å². The number of nitrogens with zero attached hydrogens (tertiary/aromatic N) is 2. The predicted molar refractivity (Wildman–Crippen MR) is 188 cm³/mol. The molecular formula is C33H27Br3ClN2NaO6. The van der Waals surface area contributed by atoms with Crippen molar-refractivity contribution in [1.82, 2.24) is 9.97 Å². The molecule has 0 amide bonds. The van der Waals surface area contributed by atoms with Crippen molar-refractivity contribution in [2.75, 3.05) is 0 Å². The van der Waals surface area contributed by atoms with Crippen LogP contribution in [0.3, 0.4) is 0 Å². The summed E-state index contributed by atoms with van der Waals surface area (Å²) in [5, 5.41) is 28.5. The quantitative estimate of drug-likeness (QED) is 0.0833. The van der Waals surface area contributed by atoms with E-state index in [1.54, 1.807) is 31.7 Å². The number of ether oxygens (including phenoxy) is 1. The largest absolute Gasteiger partial charge is 1.00 e. The number of carbonyl (C=O) groups is 2. The molecule has 3 N–H and O–H groups in total. The summed E-state index contributed by atoms with van der Waals surface area (Å²) in [4.78, 5) is 28.8. The van der Waals surface area contributed by atoms with E-state index in [0.29, 0.717) is 39.3 Å². The number of phenolic OH excluding ortho intramolecular Hbond substituents is 3. The van der Waals surface area contributed by atoms with Gasteiger partial charge >= 0.3 is 29.6 Å². The monoisotopic (exact) mass is 842 g/mol. The summed E-state index contributed by atoms with van der Waals surface area (Å²) in [7, 11) is 0. The fourth-order valence-corrected chi connectivity index (χ4v) is 3.89. The number of pyridine rings is 2. The molecule has 8 nitrogen and oxygen atoms in total.